The highest BCUT2D eigenvalue weighted by molar-refractivity contribution is 5.72. The molecular weight excluding hydrogens is 546 g/mol. The van der Waals surface area contributed by atoms with Gasteiger partial charge in [-0.2, -0.15) is 17.6 Å². The molecule has 1 fully saturated rings. The summed E-state index contributed by atoms with van der Waals surface area (Å²) in [7, 11) is 0. The zero-order chi connectivity index (χ0) is 29.6. The van der Waals surface area contributed by atoms with Gasteiger partial charge in [-0.25, -0.2) is 8.78 Å². The number of benzene rings is 3. The van der Waals surface area contributed by atoms with Crippen LogP contribution in [0.1, 0.15) is 58.8 Å². The summed E-state index contributed by atoms with van der Waals surface area (Å²) < 4.78 is 104. The van der Waals surface area contributed by atoms with E-state index in [9.17, 15) is 22.0 Å². The number of halogens is 6. The monoisotopic (exact) mass is 580 g/mol. The van der Waals surface area contributed by atoms with E-state index >= 15 is 4.39 Å². The van der Waals surface area contributed by atoms with Gasteiger partial charge in [0.05, 0.1) is 25.2 Å². The van der Waals surface area contributed by atoms with Gasteiger partial charge in [-0.1, -0.05) is 57.4 Å². The number of rotatable bonds is 12. The molecule has 9 heteroatoms. The standard InChI is InChI=1S/C32H34F6O3/c1-3-5-6-7-23-13-12-22(19-40-23)32(37,38)41-27-17-15-25(29(34)31(27)36)21-10-8-20(9-11-21)24-14-16-26(39-18-4-2)30(35)28(24)33/h8-11,14-17,22-23H,3-7,12-13,18-19H2,1-2H3. The first kappa shape index (κ1) is 30.8. The number of unbranched alkanes of at least 4 members (excludes halogenated alkanes) is 2. The molecule has 1 aliphatic rings. The van der Waals surface area contributed by atoms with Crippen LogP contribution in [0.5, 0.6) is 11.5 Å². The fourth-order valence-corrected chi connectivity index (χ4v) is 4.89. The van der Waals surface area contributed by atoms with Crippen molar-refractivity contribution in [2.24, 2.45) is 5.92 Å². The van der Waals surface area contributed by atoms with E-state index in [-0.39, 0.29) is 48.2 Å². The van der Waals surface area contributed by atoms with Gasteiger partial charge in [0, 0.05) is 11.1 Å². The van der Waals surface area contributed by atoms with E-state index < -0.39 is 41.0 Å². The molecule has 0 saturated carbocycles. The SMILES string of the molecule is CCCCCC1CCC(C(F)(F)Oc2ccc(-c3ccc(-c4ccc(OCCC)c(F)c4F)cc3)c(F)c2F)CO1. The minimum absolute atomic E-state index is 0.0329. The van der Waals surface area contributed by atoms with Crippen molar-refractivity contribution in [3.8, 4) is 33.8 Å². The van der Waals surface area contributed by atoms with Gasteiger partial charge in [0.25, 0.3) is 0 Å². The second kappa shape index (κ2) is 13.6. The molecule has 3 aromatic carbocycles. The van der Waals surface area contributed by atoms with Crippen LogP contribution in [0.15, 0.2) is 48.5 Å². The largest absolute Gasteiger partial charge is 0.490 e. The highest BCUT2D eigenvalue weighted by Gasteiger charge is 2.45. The third kappa shape index (κ3) is 7.18. The van der Waals surface area contributed by atoms with Crippen molar-refractivity contribution in [2.75, 3.05) is 13.2 Å². The van der Waals surface area contributed by atoms with Crippen LogP contribution < -0.4 is 9.47 Å². The molecule has 0 bridgehead atoms. The average molecular weight is 581 g/mol. The molecule has 2 unspecified atom stereocenters. The second-order valence-electron chi connectivity index (χ2n) is 10.3. The Morgan fingerprint density at radius 3 is 1.85 bits per heavy atom. The highest BCUT2D eigenvalue weighted by atomic mass is 19.3. The normalized spacial score (nSPS) is 17.5. The van der Waals surface area contributed by atoms with Crippen molar-refractivity contribution in [3.63, 3.8) is 0 Å². The Morgan fingerprint density at radius 2 is 1.32 bits per heavy atom. The van der Waals surface area contributed by atoms with Crippen LogP contribution in [-0.4, -0.2) is 25.4 Å². The van der Waals surface area contributed by atoms with E-state index in [4.69, 9.17) is 14.2 Å². The Balaban J connectivity index is 1.45. The topological polar surface area (TPSA) is 27.7 Å². The van der Waals surface area contributed by atoms with Crippen LogP contribution in [0.4, 0.5) is 26.3 Å². The minimum atomic E-state index is -3.75. The molecule has 3 aromatic rings. The van der Waals surface area contributed by atoms with Gasteiger partial charge in [-0.05, 0) is 61.1 Å². The summed E-state index contributed by atoms with van der Waals surface area (Å²) >= 11 is 0. The van der Waals surface area contributed by atoms with Gasteiger partial charge in [0.2, 0.25) is 11.6 Å². The third-order valence-electron chi connectivity index (χ3n) is 7.28. The molecule has 3 nitrogen and oxygen atoms in total. The maximum atomic E-state index is 15.0. The number of hydrogen-bond donors (Lipinski definition) is 0. The fraction of sp³-hybridized carbons (Fsp3) is 0.438. The van der Waals surface area contributed by atoms with Gasteiger partial charge >= 0.3 is 6.11 Å². The molecule has 2 atom stereocenters. The van der Waals surface area contributed by atoms with Crippen LogP contribution >= 0.6 is 0 Å². The minimum Gasteiger partial charge on any atom is -0.490 e. The van der Waals surface area contributed by atoms with Crippen molar-refractivity contribution in [2.45, 2.75) is 71.0 Å². The zero-order valence-electron chi connectivity index (χ0n) is 23.1. The summed E-state index contributed by atoms with van der Waals surface area (Å²) in [6, 6.07) is 10.4. The molecular formula is C32H34F6O3. The molecule has 0 N–H and O–H groups in total. The quantitative estimate of drug-likeness (QED) is 0.158. The Labute approximate surface area is 236 Å². The molecule has 1 heterocycles. The predicted octanol–water partition coefficient (Wildman–Crippen LogP) is 9.71. The summed E-state index contributed by atoms with van der Waals surface area (Å²) in [5.74, 6) is -7.50. The first-order valence-electron chi connectivity index (χ1n) is 14.0. The molecule has 0 spiro atoms. The Morgan fingerprint density at radius 1 is 0.732 bits per heavy atom. The van der Waals surface area contributed by atoms with E-state index in [0.29, 0.717) is 18.4 Å². The van der Waals surface area contributed by atoms with Crippen molar-refractivity contribution >= 4 is 0 Å². The van der Waals surface area contributed by atoms with Gasteiger partial charge in [0.15, 0.2) is 23.1 Å². The lowest BCUT2D eigenvalue weighted by molar-refractivity contribution is -0.242. The molecule has 0 radical (unpaired) electrons. The third-order valence-corrected chi connectivity index (χ3v) is 7.28. The lowest BCUT2D eigenvalue weighted by Crippen LogP contribution is -2.41. The Kier molecular flexibility index (Phi) is 10.2. The number of ether oxygens (including phenoxy) is 3. The molecule has 4 rings (SSSR count). The lowest BCUT2D eigenvalue weighted by atomic mass is 9.95. The number of alkyl halides is 2. The van der Waals surface area contributed by atoms with Gasteiger partial charge in [-0.3, -0.25) is 0 Å². The van der Waals surface area contributed by atoms with Crippen molar-refractivity contribution in [3.05, 3.63) is 71.8 Å². The van der Waals surface area contributed by atoms with Gasteiger partial charge < -0.3 is 14.2 Å². The number of hydrogen-bond acceptors (Lipinski definition) is 3. The molecule has 0 amide bonds. The summed E-state index contributed by atoms with van der Waals surface area (Å²) in [5.41, 5.74) is 0.280. The Bertz CT molecular complexity index is 1300. The van der Waals surface area contributed by atoms with Crippen LogP contribution in [0.3, 0.4) is 0 Å². The van der Waals surface area contributed by atoms with E-state index in [1.54, 1.807) is 0 Å². The van der Waals surface area contributed by atoms with E-state index in [1.807, 2.05) is 6.92 Å². The fourth-order valence-electron chi connectivity index (χ4n) is 4.89. The summed E-state index contributed by atoms with van der Waals surface area (Å²) in [6.07, 6.45) is 1.28. The first-order chi connectivity index (χ1) is 19.7. The van der Waals surface area contributed by atoms with Crippen molar-refractivity contribution < 1.29 is 40.6 Å². The van der Waals surface area contributed by atoms with E-state index in [2.05, 4.69) is 6.92 Å². The van der Waals surface area contributed by atoms with Gasteiger partial charge in [-0.15, -0.1) is 0 Å². The maximum absolute atomic E-state index is 15.0. The second-order valence-corrected chi connectivity index (χ2v) is 10.3. The Hall–Kier alpha value is -3.20. The molecule has 0 aromatic heterocycles. The molecule has 1 saturated heterocycles. The van der Waals surface area contributed by atoms with Crippen LogP contribution in [0.25, 0.3) is 22.3 Å². The molecule has 0 aliphatic carbocycles. The van der Waals surface area contributed by atoms with Gasteiger partial charge in [0.1, 0.15) is 0 Å². The molecule has 41 heavy (non-hydrogen) atoms. The summed E-state index contributed by atoms with van der Waals surface area (Å²) in [4.78, 5) is 0. The average Bonchev–Trinajstić information content (AvgIpc) is 2.97. The van der Waals surface area contributed by atoms with Crippen molar-refractivity contribution in [1.82, 2.24) is 0 Å². The zero-order valence-corrected chi connectivity index (χ0v) is 23.1. The lowest BCUT2D eigenvalue weighted by Gasteiger charge is -2.33. The van der Waals surface area contributed by atoms with Crippen LogP contribution in [0.2, 0.25) is 0 Å². The highest BCUT2D eigenvalue weighted by Crippen LogP contribution is 2.39. The van der Waals surface area contributed by atoms with Crippen LogP contribution in [0, 0.1) is 29.2 Å². The smallest absolute Gasteiger partial charge is 0.403 e. The molecule has 222 valence electrons. The van der Waals surface area contributed by atoms with Crippen LogP contribution in [-0.2, 0) is 4.74 Å². The molecule has 1 aliphatic heterocycles. The first-order valence-corrected chi connectivity index (χ1v) is 14.0. The maximum Gasteiger partial charge on any atom is 0.403 e. The van der Waals surface area contributed by atoms with Crippen molar-refractivity contribution in [1.29, 1.82) is 0 Å². The van der Waals surface area contributed by atoms with E-state index in [1.165, 1.54) is 36.4 Å². The summed E-state index contributed by atoms with van der Waals surface area (Å²) in [5, 5.41) is 0. The predicted molar refractivity (Wildman–Crippen MR) is 145 cm³/mol. The van der Waals surface area contributed by atoms with E-state index in [0.717, 1.165) is 37.8 Å². The summed E-state index contributed by atoms with van der Waals surface area (Å²) in [6.45, 7) is 3.93.